The number of carboxylic acids is 1. The summed E-state index contributed by atoms with van der Waals surface area (Å²) in [5.74, 6) is -1.45. The van der Waals surface area contributed by atoms with Gasteiger partial charge < -0.3 is 5.11 Å². The Balaban J connectivity index is 1.99. The van der Waals surface area contributed by atoms with Crippen molar-refractivity contribution in [1.29, 1.82) is 0 Å². The maximum Gasteiger partial charge on any atom is 0.307 e. The van der Waals surface area contributed by atoms with Gasteiger partial charge in [0.05, 0.1) is 17.3 Å². The Morgan fingerprint density at radius 2 is 1.84 bits per heavy atom. The third-order valence-electron chi connectivity index (χ3n) is 3.81. The Morgan fingerprint density at radius 3 is 2.42 bits per heavy atom. The second kappa shape index (κ2) is 4.79. The first-order valence-electron chi connectivity index (χ1n) is 6.23. The van der Waals surface area contributed by atoms with Crippen molar-refractivity contribution in [2.45, 2.75) is 31.1 Å². The smallest absolute Gasteiger partial charge is 0.307 e. The van der Waals surface area contributed by atoms with Crippen LogP contribution in [0.2, 0.25) is 0 Å². The molecule has 3 unspecified atom stereocenters. The van der Waals surface area contributed by atoms with E-state index >= 15 is 0 Å². The van der Waals surface area contributed by atoms with Crippen molar-refractivity contribution in [1.82, 2.24) is 30.8 Å². The molecule has 0 radical (unpaired) electrons. The van der Waals surface area contributed by atoms with E-state index in [1.165, 1.54) is 0 Å². The molecule has 2 heterocycles. The average Bonchev–Trinajstić information content (AvgIpc) is 3.11. The van der Waals surface area contributed by atoms with Crippen molar-refractivity contribution >= 4 is 5.97 Å². The van der Waals surface area contributed by atoms with Crippen LogP contribution in [0.1, 0.15) is 42.5 Å². The molecular formula is C11H14N6O2. The molecular weight excluding hydrogens is 248 g/mol. The van der Waals surface area contributed by atoms with E-state index in [1.54, 1.807) is 12.4 Å². The summed E-state index contributed by atoms with van der Waals surface area (Å²) in [5, 5.41) is 30.2. The van der Waals surface area contributed by atoms with Crippen LogP contribution in [-0.2, 0) is 4.79 Å². The van der Waals surface area contributed by atoms with Gasteiger partial charge in [-0.15, -0.1) is 10.2 Å². The fraction of sp³-hybridized carbons (Fsp3) is 0.545. The lowest BCUT2D eigenvalue weighted by Gasteiger charge is -2.33. The number of aromatic amines is 2. The summed E-state index contributed by atoms with van der Waals surface area (Å²) in [4.78, 5) is 11.5. The minimum absolute atomic E-state index is 0.0127. The Kier molecular flexibility index (Phi) is 2.98. The lowest BCUT2D eigenvalue weighted by Crippen LogP contribution is -2.31. The highest BCUT2D eigenvalue weighted by Gasteiger charge is 2.41. The molecule has 3 N–H and O–H groups in total. The van der Waals surface area contributed by atoms with E-state index in [9.17, 15) is 9.90 Å². The summed E-state index contributed by atoms with van der Waals surface area (Å²) in [6.07, 6.45) is 5.79. The Morgan fingerprint density at radius 1 is 1.16 bits per heavy atom. The van der Waals surface area contributed by atoms with Gasteiger partial charge in [-0.3, -0.25) is 15.0 Å². The maximum absolute atomic E-state index is 11.5. The van der Waals surface area contributed by atoms with Crippen LogP contribution in [0.25, 0.3) is 0 Å². The molecule has 1 fully saturated rings. The minimum atomic E-state index is -0.791. The van der Waals surface area contributed by atoms with Gasteiger partial charge >= 0.3 is 5.97 Å². The standard InChI is InChI=1S/C11H14N6O2/c18-11(19)7-3-1-2-6(8-4-12-16-14-8)10(7)9-5-13-17-15-9/h4-7,10H,1-3H2,(H,18,19)(H,12,14,16)(H,13,15,17). The number of hydrogen-bond acceptors (Lipinski definition) is 5. The number of aromatic nitrogens is 6. The van der Waals surface area contributed by atoms with E-state index in [2.05, 4.69) is 30.8 Å². The number of carboxylic acid groups (broad SMARTS) is 1. The molecule has 1 aliphatic carbocycles. The monoisotopic (exact) mass is 262 g/mol. The topological polar surface area (TPSA) is 120 Å². The van der Waals surface area contributed by atoms with Crippen LogP contribution in [0.5, 0.6) is 0 Å². The highest BCUT2D eigenvalue weighted by Crippen LogP contribution is 2.45. The molecule has 1 aliphatic rings. The zero-order valence-electron chi connectivity index (χ0n) is 10.2. The molecule has 100 valence electrons. The van der Waals surface area contributed by atoms with Crippen LogP contribution >= 0.6 is 0 Å². The zero-order chi connectivity index (χ0) is 13.2. The van der Waals surface area contributed by atoms with Crippen molar-refractivity contribution in [3.8, 4) is 0 Å². The van der Waals surface area contributed by atoms with Crippen molar-refractivity contribution in [3.05, 3.63) is 23.8 Å². The first-order valence-corrected chi connectivity index (χ1v) is 6.23. The van der Waals surface area contributed by atoms with E-state index in [1.807, 2.05) is 0 Å². The van der Waals surface area contributed by atoms with Gasteiger partial charge in [0.2, 0.25) is 0 Å². The molecule has 0 spiro atoms. The number of nitrogens with zero attached hydrogens (tertiary/aromatic N) is 4. The first-order chi connectivity index (χ1) is 9.27. The molecule has 0 aliphatic heterocycles. The SMILES string of the molecule is O=C(O)C1CCCC(c2c[nH]nn2)C1c1c[nH]nn1. The molecule has 0 amide bonds. The molecule has 0 aromatic carbocycles. The maximum atomic E-state index is 11.5. The predicted molar refractivity (Wildman–Crippen MR) is 63.2 cm³/mol. The van der Waals surface area contributed by atoms with Crippen molar-refractivity contribution in [2.75, 3.05) is 0 Å². The molecule has 0 saturated heterocycles. The quantitative estimate of drug-likeness (QED) is 0.747. The van der Waals surface area contributed by atoms with Crippen LogP contribution in [0.4, 0.5) is 0 Å². The summed E-state index contributed by atoms with van der Waals surface area (Å²) in [6.45, 7) is 0. The molecule has 8 heteroatoms. The summed E-state index contributed by atoms with van der Waals surface area (Å²) in [6, 6.07) is 0. The Labute approximate surface area is 108 Å². The second-order valence-electron chi connectivity index (χ2n) is 4.80. The fourth-order valence-electron chi connectivity index (χ4n) is 2.98. The molecule has 3 atom stereocenters. The lowest BCUT2D eigenvalue weighted by molar-refractivity contribution is -0.143. The predicted octanol–water partition coefficient (Wildman–Crippen LogP) is 0.675. The Bertz CT molecular complexity index is 538. The molecule has 3 rings (SSSR count). The first kappa shape index (κ1) is 11.8. The number of hydrogen-bond donors (Lipinski definition) is 3. The highest BCUT2D eigenvalue weighted by molar-refractivity contribution is 5.71. The number of nitrogens with one attached hydrogen (secondary N) is 2. The van der Waals surface area contributed by atoms with Gasteiger partial charge in [-0.2, -0.15) is 0 Å². The molecule has 2 aromatic rings. The van der Waals surface area contributed by atoms with Crippen LogP contribution in [-0.4, -0.2) is 41.9 Å². The summed E-state index contributed by atoms with van der Waals surface area (Å²) < 4.78 is 0. The van der Waals surface area contributed by atoms with Crippen LogP contribution in [0, 0.1) is 5.92 Å². The van der Waals surface area contributed by atoms with E-state index in [4.69, 9.17) is 0 Å². The van der Waals surface area contributed by atoms with E-state index < -0.39 is 11.9 Å². The number of aliphatic carboxylic acids is 1. The molecule has 2 aromatic heterocycles. The molecule has 1 saturated carbocycles. The zero-order valence-corrected chi connectivity index (χ0v) is 10.2. The van der Waals surface area contributed by atoms with Gasteiger partial charge in [0.15, 0.2) is 0 Å². The average molecular weight is 262 g/mol. The normalized spacial score (nSPS) is 27.3. The van der Waals surface area contributed by atoms with Crippen LogP contribution in [0.3, 0.4) is 0 Å². The molecule has 8 nitrogen and oxygen atoms in total. The van der Waals surface area contributed by atoms with Gasteiger partial charge in [0.1, 0.15) is 0 Å². The van der Waals surface area contributed by atoms with E-state index in [-0.39, 0.29) is 11.8 Å². The number of rotatable bonds is 3. The second-order valence-corrected chi connectivity index (χ2v) is 4.80. The molecule has 19 heavy (non-hydrogen) atoms. The summed E-state index contributed by atoms with van der Waals surface area (Å²) >= 11 is 0. The van der Waals surface area contributed by atoms with E-state index in [0.717, 1.165) is 18.5 Å². The van der Waals surface area contributed by atoms with Gasteiger partial charge in [-0.25, -0.2) is 0 Å². The Hall–Kier alpha value is -2.25. The van der Waals surface area contributed by atoms with Gasteiger partial charge in [0, 0.05) is 24.2 Å². The van der Waals surface area contributed by atoms with Crippen molar-refractivity contribution < 1.29 is 9.90 Å². The minimum Gasteiger partial charge on any atom is -0.481 e. The van der Waals surface area contributed by atoms with Crippen LogP contribution in [0.15, 0.2) is 12.4 Å². The fourth-order valence-corrected chi connectivity index (χ4v) is 2.98. The highest BCUT2D eigenvalue weighted by atomic mass is 16.4. The largest absolute Gasteiger partial charge is 0.481 e. The number of carbonyl (C=O) groups is 1. The number of H-pyrrole nitrogens is 2. The van der Waals surface area contributed by atoms with Gasteiger partial charge in [-0.05, 0) is 12.8 Å². The third-order valence-corrected chi connectivity index (χ3v) is 3.81. The van der Waals surface area contributed by atoms with Crippen molar-refractivity contribution in [2.24, 2.45) is 5.92 Å². The summed E-state index contributed by atoms with van der Waals surface area (Å²) in [5.41, 5.74) is 1.47. The third kappa shape index (κ3) is 2.09. The van der Waals surface area contributed by atoms with Gasteiger partial charge in [0.25, 0.3) is 0 Å². The van der Waals surface area contributed by atoms with E-state index in [0.29, 0.717) is 12.1 Å². The lowest BCUT2D eigenvalue weighted by atomic mass is 9.69. The van der Waals surface area contributed by atoms with Crippen LogP contribution < -0.4 is 0 Å². The molecule has 0 bridgehead atoms. The van der Waals surface area contributed by atoms with Gasteiger partial charge in [-0.1, -0.05) is 16.8 Å². The summed E-state index contributed by atoms with van der Waals surface area (Å²) in [7, 11) is 0. The van der Waals surface area contributed by atoms with Crippen molar-refractivity contribution in [3.63, 3.8) is 0 Å².